The molecule has 0 aliphatic heterocycles. The fraction of sp³-hybridized carbons (Fsp3) is 0.0588. The molecule has 3 rings (SSSR count). The summed E-state index contributed by atoms with van der Waals surface area (Å²) in [6, 6.07) is 18.4. The molecule has 3 aromatic carbocycles. The molecule has 0 radical (unpaired) electrons. The zero-order valence-corrected chi connectivity index (χ0v) is 10.9. The molecule has 0 aliphatic carbocycles. The van der Waals surface area contributed by atoms with Crippen LogP contribution in [0, 0.1) is 0 Å². The van der Waals surface area contributed by atoms with Gasteiger partial charge in [-0.05, 0) is 18.2 Å². The van der Waals surface area contributed by atoms with Crippen LogP contribution in [-0.4, -0.2) is 10.2 Å². The van der Waals surface area contributed by atoms with Crippen molar-refractivity contribution in [2.45, 2.75) is 6.54 Å². The van der Waals surface area contributed by atoms with Crippen LogP contribution in [0.3, 0.4) is 0 Å². The minimum Gasteiger partial charge on any atom is -0.508 e. The highest BCUT2D eigenvalue weighted by atomic mass is 16.3. The Morgan fingerprint density at radius 2 is 1.40 bits per heavy atom. The van der Waals surface area contributed by atoms with E-state index in [0.717, 1.165) is 22.0 Å². The largest absolute Gasteiger partial charge is 0.508 e. The first kappa shape index (κ1) is 12.4. The molecule has 0 saturated carbocycles. The Morgan fingerprint density at radius 3 is 2.25 bits per heavy atom. The molecule has 0 amide bonds. The second-order valence-electron chi connectivity index (χ2n) is 4.66. The van der Waals surface area contributed by atoms with E-state index in [1.54, 1.807) is 18.2 Å². The molecule has 3 aromatic rings. The van der Waals surface area contributed by atoms with Crippen LogP contribution >= 0.6 is 0 Å². The Labute approximate surface area is 117 Å². The topological polar surface area (TPSA) is 52.5 Å². The van der Waals surface area contributed by atoms with Crippen molar-refractivity contribution >= 4 is 16.5 Å². The van der Waals surface area contributed by atoms with E-state index < -0.39 is 0 Å². The number of hydrogen-bond donors (Lipinski definition) is 3. The number of para-hydroxylation sites is 1. The molecule has 3 heteroatoms. The van der Waals surface area contributed by atoms with Crippen molar-refractivity contribution in [3.63, 3.8) is 0 Å². The lowest BCUT2D eigenvalue weighted by Gasteiger charge is -2.11. The number of hydrogen-bond acceptors (Lipinski definition) is 3. The molecular formula is C17H15NO2. The van der Waals surface area contributed by atoms with Gasteiger partial charge in [0.2, 0.25) is 0 Å². The third kappa shape index (κ3) is 2.26. The third-order valence-corrected chi connectivity index (χ3v) is 3.36. The molecule has 0 fully saturated rings. The minimum absolute atomic E-state index is 0.272. The third-order valence-electron chi connectivity index (χ3n) is 3.36. The smallest absolute Gasteiger partial charge is 0.123 e. The maximum atomic E-state index is 9.86. The van der Waals surface area contributed by atoms with Crippen LogP contribution < -0.4 is 5.32 Å². The minimum atomic E-state index is 0.272. The van der Waals surface area contributed by atoms with Crippen molar-refractivity contribution in [3.8, 4) is 11.5 Å². The zero-order valence-electron chi connectivity index (χ0n) is 10.9. The van der Waals surface area contributed by atoms with Gasteiger partial charge in [0.15, 0.2) is 0 Å². The molecule has 3 nitrogen and oxygen atoms in total. The van der Waals surface area contributed by atoms with Gasteiger partial charge < -0.3 is 15.5 Å². The van der Waals surface area contributed by atoms with Crippen molar-refractivity contribution < 1.29 is 10.2 Å². The highest BCUT2D eigenvalue weighted by molar-refractivity contribution is 5.97. The van der Waals surface area contributed by atoms with E-state index in [1.165, 1.54) is 0 Å². The second kappa shape index (κ2) is 5.13. The van der Waals surface area contributed by atoms with Gasteiger partial charge in [-0.1, -0.05) is 42.5 Å². The maximum Gasteiger partial charge on any atom is 0.123 e. The lowest BCUT2D eigenvalue weighted by Crippen LogP contribution is -2.00. The highest BCUT2D eigenvalue weighted by Crippen LogP contribution is 2.30. The molecule has 100 valence electrons. The monoisotopic (exact) mass is 265 g/mol. The van der Waals surface area contributed by atoms with Crippen LogP contribution in [-0.2, 0) is 6.54 Å². The Kier molecular flexibility index (Phi) is 3.17. The summed E-state index contributed by atoms with van der Waals surface area (Å²) in [5.41, 5.74) is 1.77. The van der Waals surface area contributed by atoms with E-state index >= 15 is 0 Å². The summed E-state index contributed by atoms with van der Waals surface area (Å²) < 4.78 is 0. The quantitative estimate of drug-likeness (QED) is 0.674. The van der Waals surface area contributed by atoms with E-state index in [-0.39, 0.29) is 11.5 Å². The molecule has 0 aliphatic rings. The molecule has 0 aromatic heterocycles. The highest BCUT2D eigenvalue weighted by Gasteiger charge is 2.05. The summed E-state index contributed by atoms with van der Waals surface area (Å²) in [6.45, 7) is 0.529. The van der Waals surface area contributed by atoms with E-state index in [2.05, 4.69) is 5.32 Å². The molecule has 0 heterocycles. The number of fused-ring (bicyclic) bond motifs is 1. The average molecular weight is 265 g/mol. The fourth-order valence-corrected chi connectivity index (χ4v) is 2.30. The van der Waals surface area contributed by atoms with E-state index in [9.17, 15) is 10.2 Å². The number of benzene rings is 3. The normalized spacial score (nSPS) is 10.6. The van der Waals surface area contributed by atoms with Crippen LogP contribution in [0.1, 0.15) is 5.56 Å². The number of phenolic OH excluding ortho intramolecular Hbond substituents is 2. The van der Waals surface area contributed by atoms with Gasteiger partial charge in [0.05, 0.1) is 0 Å². The molecular weight excluding hydrogens is 250 g/mol. The number of phenols is 2. The first-order valence-electron chi connectivity index (χ1n) is 6.47. The molecule has 0 spiro atoms. The predicted octanol–water partition coefficient (Wildman–Crippen LogP) is 3.86. The zero-order chi connectivity index (χ0) is 13.9. The summed E-state index contributed by atoms with van der Waals surface area (Å²) in [5, 5.41) is 24.7. The van der Waals surface area contributed by atoms with Gasteiger partial charge in [-0.3, -0.25) is 0 Å². The summed E-state index contributed by atoms with van der Waals surface area (Å²) in [6.07, 6.45) is 0. The molecule has 0 saturated heterocycles. The molecule has 0 unspecified atom stereocenters. The summed E-state index contributed by atoms with van der Waals surface area (Å²) >= 11 is 0. The number of anilines is 1. The molecule has 0 atom stereocenters. The Bertz CT molecular complexity index is 753. The van der Waals surface area contributed by atoms with Crippen molar-refractivity contribution in [1.29, 1.82) is 0 Å². The van der Waals surface area contributed by atoms with Gasteiger partial charge in [0.25, 0.3) is 0 Å². The Balaban J connectivity index is 1.92. The standard InChI is InChI=1S/C17H15NO2/c19-16-9-2-1-5-12(16)11-18-15-8-3-7-14-13(15)6-4-10-17(14)20/h1-10,18-20H,11H2. The van der Waals surface area contributed by atoms with Crippen molar-refractivity contribution in [3.05, 3.63) is 66.2 Å². The van der Waals surface area contributed by atoms with Crippen LogP contribution in [0.2, 0.25) is 0 Å². The molecule has 3 N–H and O–H groups in total. The summed E-state index contributed by atoms with van der Waals surface area (Å²) in [4.78, 5) is 0. The van der Waals surface area contributed by atoms with Crippen LogP contribution in [0.4, 0.5) is 5.69 Å². The number of nitrogens with one attached hydrogen (secondary N) is 1. The first-order valence-corrected chi connectivity index (χ1v) is 6.47. The molecule has 20 heavy (non-hydrogen) atoms. The Morgan fingerprint density at radius 1 is 0.700 bits per heavy atom. The van der Waals surface area contributed by atoms with Crippen molar-refractivity contribution in [2.75, 3.05) is 5.32 Å². The SMILES string of the molecule is Oc1ccccc1CNc1cccc2c(O)cccc12. The lowest BCUT2D eigenvalue weighted by molar-refractivity contribution is 0.469. The van der Waals surface area contributed by atoms with Crippen LogP contribution in [0.5, 0.6) is 11.5 Å². The van der Waals surface area contributed by atoms with Gasteiger partial charge in [0.1, 0.15) is 11.5 Å². The second-order valence-corrected chi connectivity index (χ2v) is 4.66. The van der Waals surface area contributed by atoms with Gasteiger partial charge in [0, 0.05) is 28.6 Å². The van der Waals surface area contributed by atoms with Gasteiger partial charge in [-0.15, -0.1) is 0 Å². The maximum absolute atomic E-state index is 9.86. The van der Waals surface area contributed by atoms with E-state index in [0.29, 0.717) is 6.54 Å². The van der Waals surface area contributed by atoms with Gasteiger partial charge in [-0.25, -0.2) is 0 Å². The van der Waals surface area contributed by atoms with Crippen LogP contribution in [0.25, 0.3) is 10.8 Å². The van der Waals surface area contributed by atoms with E-state index in [1.807, 2.05) is 42.5 Å². The van der Waals surface area contributed by atoms with Crippen molar-refractivity contribution in [2.24, 2.45) is 0 Å². The first-order chi connectivity index (χ1) is 9.75. The fourth-order valence-electron chi connectivity index (χ4n) is 2.30. The van der Waals surface area contributed by atoms with Gasteiger partial charge in [-0.2, -0.15) is 0 Å². The van der Waals surface area contributed by atoms with Crippen LogP contribution in [0.15, 0.2) is 60.7 Å². The summed E-state index contributed by atoms with van der Waals surface area (Å²) in [7, 11) is 0. The lowest BCUT2D eigenvalue weighted by atomic mass is 10.1. The Hall–Kier alpha value is -2.68. The number of aromatic hydroxyl groups is 2. The summed E-state index contributed by atoms with van der Waals surface area (Å²) in [5.74, 6) is 0.553. The van der Waals surface area contributed by atoms with E-state index in [4.69, 9.17) is 0 Å². The van der Waals surface area contributed by atoms with Gasteiger partial charge >= 0.3 is 0 Å². The predicted molar refractivity (Wildman–Crippen MR) is 81.0 cm³/mol. The average Bonchev–Trinajstić information content (AvgIpc) is 2.47. The van der Waals surface area contributed by atoms with Crippen molar-refractivity contribution in [1.82, 2.24) is 0 Å². The molecule has 0 bridgehead atoms. The number of rotatable bonds is 3.